The van der Waals surface area contributed by atoms with Gasteiger partial charge in [0.1, 0.15) is 5.67 Å². The van der Waals surface area contributed by atoms with Crippen molar-refractivity contribution in [1.82, 2.24) is 4.98 Å². The van der Waals surface area contributed by atoms with Crippen molar-refractivity contribution in [1.29, 1.82) is 0 Å². The van der Waals surface area contributed by atoms with Crippen LogP contribution in [0.25, 0.3) is 0 Å². The minimum atomic E-state index is -1.38. The molecule has 0 radical (unpaired) electrons. The van der Waals surface area contributed by atoms with Crippen molar-refractivity contribution < 1.29 is 4.39 Å². The summed E-state index contributed by atoms with van der Waals surface area (Å²) in [6, 6.07) is 4.99. The minimum absolute atomic E-state index is 0.269. The Balaban J connectivity index is 2.69. The molecule has 2 N–H and O–H groups in total. The molecule has 0 saturated heterocycles. The topological polar surface area (TPSA) is 38.9 Å². The summed E-state index contributed by atoms with van der Waals surface area (Å²) in [5, 5.41) is 0. The lowest BCUT2D eigenvalue weighted by Gasteiger charge is -2.23. The molecule has 0 aliphatic rings. The normalized spacial score (nSPS) is 17.8. The molecule has 0 amide bonds. The summed E-state index contributed by atoms with van der Waals surface area (Å²) in [5.74, 6) is 0. The second-order valence-corrected chi connectivity index (χ2v) is 3.56. The molecule has 1 aromatic rings. The van der Waals surface area contributed by atoms with E-state index < -0.39 is 11.7 Å². The fourth-order valence-electron chi connectivity index (χ4n) is 1.02. The molecule has 0 aromatic carbocycles. The molecule has 2 nitrogen and oxygen atoms in total. The Bertz CT molecular complexity index is 257. The van der Waals surface area contributed by atoms with Crippen LogP contribution in [0.2, 0.25) is 0 Å². The molecule has 0 aliphatic heterocycles. The van der Waals surface area contributed by atoms with Gasteiger partial charge < -0.3 is 5.73 Å². The highest BCUT2D eigenvalue weighted by Gasteiger charge is 2.28. The smallest absolute Gasteiger partial charge is 0.128 e. The first-order valence-corrected chi connectivity index (χ1v) is 4.37. The summed E-state index contributed by atoms with van der Waals surface area (Å²) < 4.78 is 13.7. The first-order chi connectivity index (χ1) is 6.02. The summed E-state index contributed by atoms with van der Waals surface area (Å²) in [6.45, 7) is 3.18. The van der Waals surface area contributed by atoms with Crippen molar-refractivity contribution in [2.75, 3.05) is 0 Å². The van der Waals surface area contributed by atoms with Gasteiger partial charge in [-0.1, -0.05) is 6.07 Å². The Morgan fingerprint density at radius 1 is 1.62 bits per heavy atom. The number of hydrogen-bond acceptors (Lipinski definition) is 2. The second-order valence-electron chi connectivity index (χ2n) is 3.56. The van der Waals surface area contributed by atoms with Gasteiger partial charge in [0.05, 0.1) is 0 Å². The third kappa shape index (κ3) is 2.77. The molecule has 72 valence electrons. The summed E-state index contributed by atoms with van der Waals surface area (Å²) in [4.78, 5) is 4.05. The highest BCUT2D eigenvalue weighted by atomic mass is 19.1. The van der Waals surface area contributed by atoms with Crippen LogP contribution in [0.4, 0.5) is 4.39 Å². The first kappa shape index (κ1) is 10.1. The Hall–Kier alpha value is -0.960. The van der Waals surface area contributed by atoms with Crippen LogP contribution < -0.4 is 5.73 Å². The zero-order valence-electron chi connectivity index (χ0n) is 8.00. The van der Waals surface area contributed by atoms with E-state index in [-0.39, 0.29) is 6.42 Å². The van der Waals surface area contributed by atoms with Crippen LogP contribution in [0, 0.1) is 0 Å². The van der Waals surface area contributed by atoms with Crippen LogP contribution in [0.3, 0.4) is 0 Å². The zero-order chi connectivity index (χ0) is 9.90. The molecule has 0 aliphatic carbocycles. The molecule has 2 unspecified atom stereocenters. The van der Waals surface area contributed by atoms with Gasteiger partial charge in [-0.25, -0.2) is 4.39 Å². The predicted molar refractivity (Wildman–Crippen MR) is 51.1 cm³/mol. The maximum Gasteiger partial charge on any atom is 0.128 e. The molecule has 3 heteroatoms. The molecule has 0 saturated carbocycles. The van der Waals surface area contributed by atoms with Crippen LogP contribution in [0.15, 0.2) is 24.4 Å². The van der Waals surface area contributed by atoms with Gasteiger partial charge in [-0.15, -0.1) is 0 Å². The van der Waals surface area contributed by atoms with Gasteiger partial charge in [0, 0.05) is 24.4 Å². The van der Waals surface area contributed by atoms with Crippen molar-refractivity contribution in [3.05, 3.63) is 30.1 Å². The van der Waals surface area contributed by atoms with Gasteiger partial charge >= 0.3 is 0 Å². The van der Waals surface area contributed by atoms with E-state index in [4.69, 9.17) is 5.73 Å². The fraction of sp³-hybridized carbons (Fsp3) is 0.500. The molecular weight excluding hydrogens is 167 g/mol. The van der Waals surface area contributed by atoms with E-state index in [1.165, 1.54) is 6.92 Å². The van der Waals surface area contributed by atoms with Gasteiger partial charge in [-0.05, 0) is 26.0 Å². The van der Waals surface area contributed by atoms with Crippen LogP contribution in [0.1, 0.15) is 19.5 Å². The second kappa shape index (κ2) is 3.83. The van der Waals surface area contributed by atoms with E-state index in [9.17, 15) is 4.39 Å². The average Bonchev–Trinajstić information content (AvgIpc) is 2.05. The van der Waals surface area contributed by atoms with Gasteiger partial charge in [-0.3, -0.25) is 4.98 Å². The van der Waals surface area contributed by atoms with Gasteiger partial charge in [0.2, 0.25) is 0 Å². The number of pyridine rings is 1. The zero-order valence-corrected chi connectivity index (χ0v) is 8.00. The van der Waals surface area contributed by atoms with E-state index >= 15 is 0 Å². The number of hydrogen-bond donors (Lipinski definition) is 1. The number of alkyl halides is 1. The maximum atomic E-state index is 13.7. The van der Waals surface area contributed by atoms with E-state index in [0.717, 1.165) is 5.69 Å². The van der Waals surface area contributed by atoms with Crippen LogP contribution in [0.5, 0.6) is 0 Å². The minimum Gasteiger partial charge on any atom is -0.325 e. The molecule has 2 atom stereocenters. The number of nitrogens with two attached hydrogens (primary N) is 1. The van der Waals surface area contributed by atoms with E-state index in [2.05, 4.69) is 4.98 Å². The lowest BCUT2D eigenvalue weighted by atomic mass is 9.95. The lowest BCUT2D eigenvalue weighted by Crippen LogP contribution is -2.41. The van der Waals surface area contributed by atoms with Gasteiger partial charge in [-0.2, -0.15) is 0 Å². The monoisotopic (exact) mass is 182 g/mol. The van der Waals surface area contributed by atoms with Crippen molar-refractivity contribution in [2.24, 2.45) is 5.73 Å². The van der Waals surface area contributed by atoms with Crippen molar-refractivity contribution in [3.8, 4) is 0 Å². The third-order valence-electron chi connectivity index (χ3n) is 2.20. The number of halogens is 1. The summed E-state index contributed by atoms with van der Waals surface area (Å²) >= 11 is 0. The number of aromatic nitrogens is 1. The molecule has 13 heavy (non-hydrogen) atoms. The van der Waals surface area contributed by atoms with Crippen molar-refractivity contribution in [3.63, 3.8) is 0 Å². The van der Waals surface area contributed by atoms with E-state index in [0.29, 0.717) is 0 Å². The maximum absolute atomic E-state index is 13.7. The number of rotatable bonds is 3. The molecule has 1 rings (SSSR count). The molecule has 0 bridgehead atoms. The Kier molecular flexibility index (Phi) is 2.98. The standard InChI is InChI=1S/C10H15FN2/c1-8(12)10(2,11)7-9-5-3-4-6-13-9/h3-6,8H,7,12H2,1-2H3. The van der Waals surface area contributed by atoms with E-state index in [1.54, 1.807) is 19.2 Å². The van der Waals surface area contributed by atoms with Crippen molar-refractivity contribution in [2.45, 2.75) is 32.0 Å². The summed E-state index contributed by atoms with van der Waals surface area (Å²) in [6.07, 6.45) is 1.93. The Morgan fingerprint density at radius 2 is 2.31 bits per heavy atom. The van der Waals surface area contributed by atoms with Crippen molar-refractivity contribution >= 4 is 0 Å². The lowest BCUT2D eigenvalue weighted by molar-refractivity contribution is 0.155. The van der Waals surface area contributed by atoms with Gasteiger partial charge in [0.15, 0.2) is 0 Å². The average molecular weight is 182 g/mol. The summed E-state index contributed by atoms with van der Waals surface area (Å²) in [7, 11) is 0. The Labute approximate surface area is 78.0 Å². The SMILES string of the molecule is CC(N)C(C)(F)Cc1ccccn1. The molecule has 1 aromatic heterocycles. The van der Waals surface area contributed by atoms with Crippen LogP contribution in [-0.4, -0.2) is 16.7 Å². The fourth-order valence-corrected chi connectivity index (χ4v) is 1.02. The molecule has 0 spiro atoms. The summed E-state index contributed by atoms with van der Waals surface area (Å²) in [5.41, 5.74) is 4.88. The van der Waals surface area contributed by atoms with Gasteiger partial charge in [0.25, 0.3) is 0 Å². The quantitative estimate of drug-likeness (QED) is 0.772. The predicted octanol–water partition coefficient (Wildman–Crippen LogP) is 1.70. The number of nitrogens with zero attached hydrogens (tertiary/aromatic N) is 1. The van der Waals surface area contributed by atoms with Crippen LogP contribution in [-0.2, 0) is 6.42 Å². The molecule has 0 fully saturated rings. The molecular formula is C10H15FN2. The Morgan fingerprint density at radius 3 is 2.77 bits per heavy atom. The first-order valence-electron chi connectivity index (χ1n) is 4.37. The highest BCUT2D eigenvalue weighted by Crippen LogP contribution is 2.19. The largest absolute Gasteiger partial charge is 0.325 e. The third-order valence-corrected chi connectivity index (χ3v) is 2.20. The highest BCUT2D eigenvalue weighted by molar-refractivity contribution is 5.07. The van der Waals surface area contributed by atoms with Crippen LogP contribution >= 0.6 is 0 Å². The molecule has 1 heterocycles. The van der Waals surface area contributed by atoms with E-state index in [1.807, 2.05) is 12.1 Å².